The fourth-order valence-corrected chi connectivity index (χ4v) is 4.12. The van der Waals surface area contributed by atoms with Crippen molar-refractivity contribution < 1.29 is 19.1 Å². The molecule has 2 unspecified atom stereocenters. The molecule has 2 fully saturated rings. The van der Waals surface area contributed by atoms with Crippen LogP contribution in [0.5, 0.6) is 5.75 Å². The molecular formula is C21H30N2O4. The summed E-state index contributed by atoms with van der Waals surface area (Å²) in [6, 6.07) is 8.19. The van der Waals surface area contributed by atoms with Gasteiger partial charge < -0.3 is 19.3 Å². The van der Waals surface area contributed by atoms with E-state index in [1.807, 2.05) is 24.0 Å². The highest BCUT2D eigenvalue weighted by Crippen LogP contribution is 2.35. The summed E-state index contributed by atoms with van der Waals surface area (Å²) in [4.78, 5) is 28.9. The van der Waals surface area contributed by atoms with E-state index in [1.54, 1.807) is 11.8 Å². The van der Waals surface area contributed by atoms with Crippen molar-refractivity contribution in [3.63, 3.8) is 0 Å². The average Bonchev–Trinajstić information content (AvgIpc) is 3.18. The summed E-state index contributed by atoms with van der Waals surface area (Å²) in [6.07, 6.45) is 3.36. The molecule has 27 heavy (non-hydrogen) atoms. The van der Waals surface area contributed by atoms with Crippen LogP contribution in [-0.2, 0) is 9.53 Å². The summed E-state index contributed by atoms with van der Waals surface area (Å²) in [6.45, 7) is 6.69. The molecule has 0 radical (unpaired) electrons. The zero-order valence-electron chi connectivity index (χ0n) is 16.4. The van der Waals surface area contributed by atoms with E-state index in [9.17, 15) is 9.59 Å². The van der Waals surface area contributed by atoms with Crippen molar-refractivity contribution in [2.24, 2.45) is 5.92 Å². The van der Waals surface area contributed by atoms with Crippen molar-refractivity contribution in [2.75, 3.05) is 32.8 Å². The Morgan fingerprint density at radius 1 is 1.04 bits per heavy atom. The van der Waals surface area contributed by atoms with Gasteiger partial charge in [-0.25, -0.2) is 4.79 Å². The molecular weight excluding hydrogens is 344 g/mol. The van der Waals surface area contributed by atoms with Crippen LogP contribution >= 0.6 is 0 Å². The van der Waals surface area contributed by atoms with Gasteiger partial charge in [0, 0.05) is 19.6 Å². The van der Waals surface area contributed by atoms with Crippen LogP contribution in [0.15, 0.2) is 24.3 Å². The number of carbonyl (C=O) groups excluding carboxylic acids is 2. The van der Waals surface area contributed by atoms with Crippen molar-refractivity contribution in [3.8, 4) is 5.75 Å². The van der Waals surface area contributed by atoms with Crippen LogP contribution in [0, 0.1) is 5.92 Å². The van der Waals surface area contributed by atoms with Crippen molar-refractivity contribution in [3.05, 3.63) is 29.8 Å². The molecule has 1 aromatic rings. The highest BCUT2D eigenvalue weighted by Gasteiger charge is 2.36. The molecule has 0 N–H and O–H groups in total. The van der Waals surface area contributed by atoms with E-state index in [2.05, 4.69) is 12.1 Å². The topological polar surface area (TPSA) is 59.1 Å². The van der Waals surface area contributed by atoms with Gasteiger partial charge in [0.25, 0.3) is 0 Å². The maximum Gasteiger partial charge on any atom is 0.409 e. The lowest BCUT2D eigenvalue weighted by Gasteiger charge is -2.35. The third kappa shape index (κ3) is 4.54. The second-order valence-electron chi connectivity index (χ2n) is 7.18. The van der Waals surface area contributed by atoms with Crippen LogP contribution in [-0.4, -0.2) is 54.6 Å². The van der Waals surface area contributed by atoms with Crippen molar-refractivity contribution in [1.29, 1.82) is 0 Å². The van der Waals surface area contributed by atoms with Crippen LogP contribution in [0.3, 0.4) is 0 Å². The van der Waals surface area contributed by atoms with Crippen LogP contribution in [0.25, 0.3) is 0 Å². The lowest BCUT2D eigenvalue weighted by atomic mass is 9.95. The zero-order chi connectivity index (χ0) is 19.2. The van der Waals surface area contributed by atoms with Gasteiger partial charge in [0.2, 0.25) is 5.91 Å². The smallest absolute Gasteiger partial charge is 0.409 e. The monoisotopic (exact) mass is 374 g/mol. The Kier molecular flexibility index (Phi) is 6.58. The number of hydrogen-bond acceptors (Lipinski definition) is 4. The number of benzene rings is 1. The molecule has 2 aliphatic heterocycles. The SMILES string of the molecule is CCOC(=O)N1CCCC(C(=O)N2CCCC2c2ccc(OCC)cc2)C1. The first-order valence-corrected chi connectivity index (χ1v) is 10.1. The largest absolute Gasteiger partial charge is 0.494 e. The highest BCUT2D eigenvalue weighted by molar-refractivity contribution is 5.81. The molecule has 1 aromatic carbocycles. The van der Waals surface area contributed by atoms with Gasteiger partial charge in [-0.05, 0) is 57.2 Å². The summed E-state index contributed by atoms with van der Waals surface area (Å²) >= 11 is 0. The summed E-state index contributed by atoms with van der Waals surface area (Å²) in [5, 5.41) is 0. The van der Waals surface area contributed by atoms with E-state index in [0.717, 1.165) is 43.5 Å². The number of hydrogen-bond donors (Lipinski definition) is 0. The van der Waals surface area contributed by atoms with Crippen molar-refractivity contribution in [1.82, 2.24) is 9.80 Å². The number of likely N-dealkylation sites (tertiary alicyclic amines) is 2. The Bertz CT molecular complexity index is 646. The molecule has 2 amide bonds. The first-order chi connectivity index (χ1) is 13.1. The fourth-order valence-electron chi connectivity index (χ4n) is 4.12. The van der Waals surface area contributed by atoms with Crippen LogP contribution in [0.4, 0.5) is 4.79 Å². The fraction of sp³-hybridized carbons (Fsp3) is 0.619. The number of amides is 2. The number of rotatable bonds is 5. The lowest BCUT2D eigenvalue weighted by molar-refractivity contribution is -0.138. The van der Waals surface area contributed by atoms with Crippen LogP contribution < -0.4 is 4.74 Å². The van der Waals surface area contributed by atoms with Gasteiger partial charge in [-0.3, -0.25) is 4.79 Å². The summed E-state index contributed by atoms with van der Waals surface area (Å²) in [5.74, 6) is 0.890. The second-order valence-corrected chi connectivity index (χ2v) is 7.18. The van der Waals surface area contributed by atoms with E-state index in [-0.39, 0.29) is 24.0 Å². The number of carbonyl (C=O) groups is 2. The zero-order valence-corrected chi connectivity index (χ0v) is 16.4. The summed E-state index contributed by atoms with van der Waals surface area (Å²) in [5.41, 5.74) is 1.15. The minimum atomic E-state index is -0.306. The Morgan fingerprint density at radius 3 is 2.48 bits per heavy atom. The Labute approximate surface area is 161 Å². The minimum Gasteiger partial charge on any atom is -0.494 e. The maximum absolute atomic E-state index is 13.2. The quantitative estimate of drug-likeness (QED) is 0.790. The molecule has 6 heteroatoms. The van der Waals surface area contributed by atoms with Crippen LogP contribution in [0.2, 0.25) is 0 Å². The summed E-state index contributed by atoms with van der Waals surface area (Å²) < 4.78 is 10.6. The third-order valence-corrected chi connectivity index (χ3v) is 5.41. The first-order valence-electron chi connectivity index (χ1n) is 10.1. The molecule has 2 atom stereocenters. The number of ether oxygens (including phenoxy) is 2. The molecule has 148 valence electrons. The Balaban J connectivity index is 1.67. The Hall–Kier alpha value is -2.24. The first kappa shape index (κ1) is 19.5. The number of piperidine rings is 1. The summed E-state index contributed by atoms with van der Waals surface area (Å²) in [7, 11) is 0. The molecule has 2 aliphatic rings. The van der Waals surface area contributed by atoms with Gasteiger partial charge in [-0.1, -0.05) is 12.1 Å². The predicted molar refractivity (Wildman–Crippen MR) is 103 cm³/mol. The third-order valence-electron chi connectivity index (χ3n) is 5.41. The van der Waals surface area contributed by atoms with Crippen molar-refractivity contribution in [2.45, 2.75) is 45.6 Å². The molecule has 0 bridgehead atoms. The molecule has 2 heterocycles. The van der Waals surface area contributed by atoms with Gasteiger partial charge in [0.1, 0.15) is 5.75 Å². The van der Waals surface area contributed by atoms with E-state index >= 15 is 0 Å². The average molecular weight is 374 g/mol. The highest BCUT2D eigenvalue weighted by atomic mass is 16.6. The molecule has 6 nitrogen and oxygen atoms in total. The standard InChI is InChI=1S/C21H30N2O4/c1-3-26-18-11-9-16(10-12-18)19-8-6-14-23(19)20(24)17-7-5-13-22(15-17)21(25)27-4-2/h9-12,17,19H,3-8,13-15H2,1-2H3. The molecule has 0 spiro atoms. The predicted octanol–water partition coefficient (Wildman–Crippen LogP) is 3.62. The van der Waals surface area contributed by atoms with Crippen LogP contribution in [0.1, 0.15) is 51.1 Å². The minimum absolute atomic E-state index is 0.117. The van der Waals surface area contributed by atoms with E-state index in [1.165, 1.54) is 0 Å². The Morgan fingerprint density at radius 2 is 1.78 bits per heavy atom. The normalized spacial score (nSPS) is 22.6. The molecule has 0 aliphatic carbocycles. The molecule has 2 saturated heterocycles. The second kappa shape index (κ2) is 9.11. The van der Waals surface area contributed by atoms with E-state index < -0.39 is 0 Å². The van der Waals surface area contributed by atoms with Crippen molar-refractivity contribution >= 4 is 12.0 Å². The maximum atomic E-state index is 13.2. The molecule has 0 saturated carbocycles. The lowest BCUT2D eigenvalue weighted by Crippen LogP contribution is -2.46. The van der Waals surface area contributed by atoms with Gasteiger partial charge in [-0.15, -0.1) is 0 Å². The van der Waals surface area contributed by atoms with E-state index in [0.29, 0.717) is 26.3 Å². The van der Waals surface area contributed by atoms with E-state index in [4.69, 9.17) is 9.47 Å². The van der Waals surface area contributed by atoms with Gasteiger partial charge in [-0.2, -0.15) is 0 Å². The van der Waals surface area contributed by atoms with Gasteiger partial charge in [0.05, 0.1) is 25.2 Å². The van der Waals surface area contributed by atoms with Gasteiger partial charge >= 0.3 is 6.09 Å². The molecule has 3 rings (SSSR count). The molecule has 0 aromatic heterocycles. The van der Waals surface area contributed by atoms with Gasteiger partial charge in [0.15, 0.2) is 0 Å². The number of nitrogens with zero attached hydrogens (tertiary/aromatic N) is 2.